The Balaban J connectivity index is 1.02. The van der Waals surface area contributed by atoms with Gasteiger partial charge in [-0.15, -0.1) is 0 Å². The molecule has 9 aliphatic rings. The molecule has 0 aromatic rings. The second-order valence-corrected chi connectivity index (χ2v) is 39.2. The van der Waals surface area contributed by atoms with Crippen molar-refractivity contribution in [2.24, 2.45) is 41.4 Å². The molecule has 0 bridgehead atoms. The van der Waals surface area contributed by atoms with Crippen LogP contribution in [0, 0.1) is 41.4 Å². The van der Waals surface area contributed by atoms with Gasteiger partial charge in [0.05, 0.1) is 100 Å². The number of rotatable bonds is 56. The lowest BCUT2D eigenvalue weighted by molar-refractivity contribution is -0.592. The van der Waals surface area contributed by atoms with Gasteiger partial charge in [0.25, 0.3) is 0 Å². The number of carbonyl (C=O) groups is 3. The molecule has 788 valence electrons. The second-order valence-electron chi connectivity index (χ2n) is 33.6. The maximum atomic E-state index is 14.2. The van der Waals surface area contributed by atoms with Gasteiger partial charge in [-0.3, -0.25) is 27.8 Å². The Morgan fingerprint density at radius 3 is 1.48 bits per heavy atom. The monoisotopic (exact) mass is 2070 g/mol. The van der Waals surface area contributed by atoms with Crippen LogP contribution < -0.4 is 21.3 Å². The fourth-order valence-corrected chi connectivity index (χ4v) is 21.6. The molecule has 8 heterocycles. The molecule has 8 aliphatic heterocycles. The van der Waals surface area contributed by atoms with Gasteiger partial charge >= 0.3 is 47.6 Å². The minimum atomic E-state index is -6.10. The van der Waals surface area contributed by atoms with E-state index in [0.717, 1.165) is 25.5 Å². The zero-order valence-corrected chi connectivity index (χ0v) is 79.1. The maximum Gasteiger partial charge on any atom is 0.397 e. The van der Waals surface area contributed by atoms with Crippen molar-refractivity contribution < 1.29 is 260 Å². The number of methoxy groups -OCH3 is 6. The highest BCUT2D eigenvalue weighted by molar-refractivity contribution is 8.00. The van der Waals surface area contributed by atoms with Crippen molar-refractivity contribution in [1.82, 2.24) is 21.3 Å². The molecule has 17 unspecified atom stereocenters. The van der Waals surface area contributed by atoms with Crippen LogP contribution in [0.5, 0.6) is 0 Å². The number of thioether (sulfide) groups is 1. The van der Waals surface area contributed by atoms with Gasteiger partial charge in [0.1, 0.15) is 54.9 Å². The van der Waals surface area contributed by atoms with Crippen LogP contribution in [0.1, 0.15) is 99.3 Å². The Labute approximate surface area is 779 Å². The number of carbonyl (C=O) groups excluding carboxylic acids is 3. The van der Waals surface area contributed by atoms with Crippen LogP contribution in [0.15, 0.2) is 0 Å². The molecule has 64 heteroatoms. The number of ether oxygens (including phenoxy) is 17. The highest BCUT2D eigenvalue weighted by atomic mass is 32.3. The zero-order chi connectivity index (χ0) is 99.2. The fraction of sp³-hybridized carbons (Fsp3) is 0.958. The molecule has 9 fully saturated rings. The van der Waals surface area contributed by atoms with E-state index < -0.39 is 251 Å². The van der Waals surface area contributed by atoms with Gasteiger partial charge < -0.3 is 107 Å². The summed E-state index contributed by atoms with van der Waals surface area (Å²) >= 11 is 1.76. The number of amides is 4. The van der Waals surface area contributed by atoms with E-state index in [9.17, 15) is 103 Å². The van der Waals surface area contributed by atoms with E-state index in [1.807, 2.05) is 20.8 Å². The smallest absolute Gasteiger partial charge is 0.387 e. The van der Waals surface area contributed by atoms with Gasteiger partial charge in [0, 0.05) is 115 Å². The average Bonchev–Trinajstić information content (AvgIpc) is 1.29. The molecule has 38 atom stereocenters. The number of urea groups is 1. The van der Waals surface area contributed by atoms with Crippen LogP contribution in [0.2, 0.25) is 0 Å². The Morgan fingerprint density at radius 1 is 0.444 bits per heavy atom. The number of hydrogen-bond acceptors (Lipinski definition) is 52. The summed E-state index contributed by atoms with van der Waals surface area (Å²) in [5.74, 6) is -5.78. The molecule has 15 N–H and O–H groups in total. The molecule has 8 saturated heterocycles. The lowest BCUT2D eigenvalue weighted by Gasteiger charge is -2.54. The van der Waals surface area contributed by atoms with Crippen LogP contribution in [0.3, 0.4) is 0 Å². The quantitative estimate of drug-likeness (QED) is 0.0111. The van der Waals surface area contributed by atoms with Crippen LogP contribution in [-0.4, -0.2) is 396 Å². The number of unbranched alkanes of at least 4 members (excludes halogenated alkanes) is 3. The Morgan fingerprint density at radius 2 is 0.911 bits per heavy atom. The Hall–Kier alpha value is -3.40. The van der Waals surface area contributed by atoms with Crippen LogP contribution in [-0.2, 0) is 208 Å². The van der Waals surface area contributed by atoms with E-state index in [-0.39, 0.29) is 104 Å². The topological polar surface area (TPSA) is 763 Å². The molecule has 1 saturated carbocycles. The minimum Gasteiger partial charge on any atom is -0.387 e. The van der Waals surface area contributed by atoms with Gasteiger partial charge in [0.2, 0.25) is 11.8 Å². The van der Waals surface area contributed by atoms with Gasteiger partial charge in [0.15, 0.2) is 68.1 Å². The predicted molar refractivity (Wildman–Crippen MR) is 431 cm³/mol. The highest BCUT2D eigenvalue weighted by Crippen LogP contribution is 2.48. The molecular formula is C71H124N4O55S5. The number of nitrogens with one attached hydrogen (secondary N) is 4. The minimum absolute atomic E-state index is 0.0148. The summed E-state index contributed by atoms with van der Waals surface area (Å²) in [4.78, 5) is 68.5. The van der Waals surface area contributed by atoms with Crippen molar-refractivity contribution in [3.8, 4) is 0 Å². The lowest BCUT2D eigenvalue weighted by Crippen LogP contribution is -2.71. The third kappa shape index (κ3) is 31.3. The molecule has 135 heavy (non-hydrogen) atoms. The Kier molecular flexibility index (Phi) is 45.6. The number of hydrogen-bond donors (Lipinski definition) is 15. The van der Waals surface area contributed by atoms with Crippen molar-refractivity contribution in [1.29, 1.82) is 0 Å². The van der Waals surface area contributed by atoms with Gasteiger partial charge in [-0.25, -0.2) is 53.1 Å². The molecule has 4 amide bonds. The van der Waals surface area contributed by atoms with Gasteiger partial charge in [-0.2, -0.15) is 74.8 Å². The molecule has 1 aliphatic carbocycles. The Bertz CT molecular complexity index is 4060. The van der Waals surface area contributed by atoms with Crippen molar-refractivity contribution in [2.75, 3.05) is 101 Å². The molecule has 0 aromatic heterocycles. The standard InChI is InChI=1S/C71H124N4O55S5/c1-31-32(2)65(113-50-33(3)51(102-11)38(101-10)22-36(50)24-98-7)110-41(25-99-8)52(31)115-67-54(103-12)34(4)53(42(111-67)26-100-9)114-66-35(5)71(6,79)64(39(108-66)23-73-47(77)19-14-13-17-21-72-46(76)20-16-15-18-45-49-37(30-131-45)74-70(78)75-49)117-69-63(124-135(95,96)97)59(120-127-82)55(43(112-69)28-105-133(89,90)91)116-68-62(123-130-85)58(119-126-81)48(40(109-68)27-104-132(86,87)88)57-61(122-129-84)60(121-128-83)56(118-125-80)44(107-57)29-106-134(92,93)94/h31-45,48-69,79-85H,13-30H2,1-12H3,(H,72,76)(H,73,77)(H2,74,75,78)(H,86,87,88)(H,89,90,91)(H,92,93,94)(H,95,96,97)/t31?,32?,33?,34-,35?,36+,37?,38-,39?,40+,41+,42?,43+,44+,45?,48-,49?,50-,51?,52-,53+,54?,55+,56+,57-,58?,59?,60?,61?,62?,63?,64-,65+,66-,67-,68+,69+,71-/m0/s1. The first-order valence-corrected chi connectivity index (χ1v) is 49.0. The molecule has 59 nitrogen and oxygen atoms in total. The molecule has 0 radical (unpaired) electrons. The molecule has 9 rings (SSSR count). The van der Waals surface area contributed by atoms with Gasteiger partial charge in [-0.05, 0) is 44.9 Å². The van der Waals surface area contributed by atoms with E-state index >= 15 is 0 Å². The van der Waals surface area contributed by atoms with E-state index in [1.165, 1.54) is 28.3 Å². The first-order chi connectivity index (χ1) is 64.0. The van der Waals surface area contributed by atoms with Crippen molar-refractivity contribution in [2.45, 2.75) is 288 Å². The van der Waals surface area contributed by atoms with Gasteiger partial charge in [-0.1, -0.05) is 77.7 Å². The third-order valence-corrected chi connectivity index (χ3v) is 28.6. The maximum absolute atomic E-state index is 14.2. The van der Waals surface area contributed by atoms with E-state index in [1.54, 1.807) is 40.0 Å². The summed E-state index contributed by atoms with van der Waals surface area (Å²) in [7, 11) is -14.1. The lowest BCUT2D eigenvalue weighted by atomic mass is 9.75. The highest BCUT2D eigenvalue weighted by Gasteiger charge is 2.65. The van der Waals surface area contributed by atoms with Crippen molar-refractivity contribution in [3.05, 3.63) is 0 Å². The summed E-state index contributed by atoms with van der Waals surface area (Å²) in [6, 6.07) is -0.135. The third-order valence-electron chi connectivity index (χ3n) is 25.4. The second kappa shape index (κ2) is 53.4. The summed E-state index contributed by atoms with van der Waals surface area (Å²) in [6.45, 7) is 4.94. The average molecular weight is 2070 g/mol. The summed E-state index contributed by atoms with van der Waals surface area (Å²) in [5, 5.41) is 107. The summed E-state index contributed by atoms with van der Waals surface area (Å²) in [5.41, 5.74) is -2.54. The van der Waals surface area contributed by atoms with Crippen molar-refractivity contribution >= 4 is 71.2 Å². The molecular weight excluding hydrogens is 1950 g/mol. The first-order valence-electron chi connectivity index (χ1n) is 42.5. The fourth-order valence-electron chi connectivity index (χ4n) is 18.7. The summed E-state index contributed by atoms with van der Waals surface area (Å²) in [6.07, 6.45) is -46.6. The van der Waals surface area contributed by atoms with Crippen LogP contribution >= 0.6 is 11.8 Å². The van der Waals surface area contributed by atoms with Crippen LogP contribution in [0.25, 0.3) is 0 Å². The van der Waals surface area contributed by atoms with Crippen LogP contribution in [0.4, 0.5) is 4.79 Å². The SMILES string of the molecule is COCC1O[C@@H](O[C@H]2C(C)C(C)[C@@H](O[C@H]3C(C)C(OC)[C@@H](OC)C[C@@H]3COC)O[C@@H]2COC)C(OC)[C@@H](C)[C@H]1O[C@@H]1OC(CNC(=O)CCCCCNC(=O)CCCCC2SCC3NC(=O)NC32)[C@H](O[C@H]2O[C@H](COS(=O)(=O)O)[C@@H](O[C@H]3O[C@H](COS(=O)(=O)O)[C@@H]([C@@H]4O[C@H](COS(=O)(=O)O)[C@@H](OOO)C(OOO)C4OOO)C(OOO)C3OOO)C(OOO)C2OS(=O)(=O)O)[C@@](C)(O)C1C. The normalized spacial score (nSPS) is 39.4. The zero-order valence-electron chi connectivity index (χ0n) is 75.0. The van der Waals surface area contributed by atoms with E-state index in [0.29, 0.717) is 32.3 Å². The van der Waals surface area contributed by atoms with E-state index in [2.05, 4.69) is 64.8 Å². The molecule has 0 aromatic carbocycles. The largest absolute Gasteiger partial charge is 0.397 e. The van der Waals surface area contributed by atoms with Crippen molar-refractivity contribution in [3.63, 3.8) is 0 Å². The first kappa shape index (κ1) is 115. The summed E-state index contributed by atoms with van der Waals surface area (Å²) < 4.78 is 267. The number of fused-ring (bicyclic) bond motifs is 1. The predicted octanol–water partition coefficient (Wildman–Crippen LogP) is -1.24. The molecule has 0 spiro atoms. The number of aliphatic hydroxyl groups is 1. The van der Waals surface area contributed by atoms with E-state index in [4.69, 9.17) is 113 Å².